The van der Waals surface area contributed by atoms with Gasteiger partial charge >= 0.3 is 0 Å². The van der Waals surface area contributed by atoms with Crippen molar-refractivity contribution in [3.63, 3.8) is 0 Å². The average Bonchev–Trinajstić information content (AvgIpc) is 3.00. The fourth-order valence-corrected chi connectivity index (χ4v) is 4.64. The topological polar surface area (TPSA) is 71.5 Å². The molecule has 0 radical (unpaired) electrons. The van der Waals surface area contributed by atoms with E-state index < -0.39 is 0 Å². The molecule has 4 aromatic rings. The van der Waals surface area contributed by atoms with Gasteiger partial charge in [0, 0.05) is 11.1 Å². The minimum atomic E-state index is -0.194. The SMILES string of the molecule is O=c1[nH]nnc2c1sc1nc3c(c(-c4ccccc4)c12)CCCC3. The molecule has 0 spiro atoms. The van der Waals surface area contributed by atoms with Crippen molar-refractivity contribution in [2.75, 3.05) is 0 Å². The van der Waals surface area contributed by atoms with Crippen LogP contribution in [-0.4, -0.2) is 20.4 Å². The molecule has 0 amide bonds. The second-order valence-corrected chi connectivity index (χ2v) is 7.09. The van der Waals surface area contributed by atoms with E-state index >= 15 is 0 Å². The summed E-state index contributed by atoms with van der Waals surface area (Å²) in [6, 6.07) is 10.3. The number of rotatable bonds is 1. The highest BCUT2D eigenvalue weighted by molar-refractivity contribution is 7.25. The van der Waals surface area contributed by atoms with E-state index in [1.54, 1.807) is 0 Å². The molecule has 1 aliphatic carbocycles. The molecular weight excluding hydrogens is 320 g/mol. The zero-order valence-electron chi connectivity index (χ0n) is 12.9. The van der Waals surface area contributed by atoms with Gasteiger partial charge in [-0.25, -0.2) is 10.1 Å². The second-order valence-electron chi connectivity index (χ2n) is 6.09. The Bertz CT molecular complexity index is 1130. The summed E-state index contributed by atoms with van der Waals surface area (Å²) < 4.78 is 0.604. The average molecular weight is 334 g/mol. The highest BCUT2D eigenvalue weighted by Crippen LogP contribution is 2.41. The zero-order valence-corrected chi connectivity index (χ0v) is 13.7. The van der Waals surface area contributed by atoms with Crippen LogP contribution in [0.15, 0.2) is 35.1 Å². The van der Waals surface area contributed by atoms with Gasteiger partial charge in [0.05, 0.1) is 0 Å². The number of hydrogen-bond donors (Lipinski definition) is 1. The number of aromatic nitrogens is 4. The van der Waals surface area contributed by atoms with Crippen LogP contribution in [0.4, 0.5) is 0 Å². The van der Waals surface area contributed by atoms with E-state index in [0.717, 1.165) is 28.6 Å². The second kappa shape index (κ2) is 5.21. The molecule has 5 nitrogen and oxygen atoms in total. The summed E-state index contributed by atoms with van der Waals surface area (Å²) in [7, 11) is 0. The van der Waals surface area contributed by atoms with E-state index in [4.69, 9.17) is 4.98 Å². The van der Waals surface area contributed by atoms with Crippen LogP contribution in [0.5, 0.6) is 0 Å². The Morgan fingerprint density at radius 1 is 1.08 bits per heavy atom. The predicted molar refractivity (Wildman–Crippen MR) is 95.4 cm³/mol. The van der Waals surface area contributed by atoms with E-state index in [0.29, 0.717) is 10.2 Å². The van der Waals surface area contributed by atoms with Crippen LogP contribution in [0, 0.1) is 0 Å². The number of fused-ring (bicyclic) bond motifs is 4. The van der Waals surface area contributed by atoms with Crippen molar-refractivity contribution in [3.8, 4) is 11.1 Å². The first-order chi connectivity index (χ1) is 11.8. The lowest BCUT2D eigenvalue weighted by molar-refractivity contribution is 0.673. The van der Waals surface area contributed by atoms with Gasteiger partial charge in [0.25, 0.3) is 5.56 Å². The lowest BCUT2D eigenvalue weighted by Crippen LogP contribution is -2.08. The van der Waals surface area contributed by atoms with Gasteiger partial charge in [-0.2, -0.15) is 0 Å². The van der Waals surface area contributed by atoms with E-state index in [1.165, 1.54) is 41.0 Å². The molecule has 0 aliphatic heterocycles. The first-order valence-electron chi connectivity index (χ1n) is 8.07. The molecule has 0 saturated carbocycles. The Kier molecular flexibility index (Phi) is 2.99. The van der Waals surface area contributed by atoms with Gasteiger partial charge in [0.2, 0.25) is 0 Å². The van der Waals surface area contributed by atoms with Crippen LogP contribution in [0.3, 0.4) is 0 Å². The molecule has 118 valence electrons. The predicted octanol–water partition coefficient (Wildman–Crippen LogP) is 3.47. The van der Waals surface area contributed by atoms with Crippen LogP contribution < -0.4 is 5.56 Å². The van der Waals surface area contributed by atoms with Crippen molar-refractivity contribution >= 4 is 31.8 Å². The third-order valence-corrected chi connectivity index (χ3v) is 5.73. The first-order valence-corrected chi connectivity index (χ1v) is 8.89. The molecule has 3 heterocycles. The maximum absolute atomic E-state index is 12.1. The number of hydrogen-bond acceptors (Lipinski definition) is 5. The maximum Gasteiger partial charge on any atom is 0.285 e. The molecule has 0 unspecified atom stereocenters. The summed E-state index contributed by atoms with van der Waals surface area (Å²) in [5.74, 6) is 0. The molecule has 6 heteroatoms. The lowest BCUT2D eigenvalue weighted by atomic mass is 9.87. The summed E-state index contributed by atoms with van der Waals surface area (Å²) in [5.41, 5.74) is 5.29. The number of nitrogens with one attached hydrogen (secondary N) is 1. The third kappa shape index (κ3) is 1.93. The maximum atomic E-state index is 12.1. The van der Waals surface area contributed by atoms with Crippen molar-refractivity contribution in [3.05, 3.63) is 51.9 Å². The van der Waals surface area contributed by atoms with Crippen LogP contribution in [-0.2, 0) is 12.8 Å². The Morgan fingerprint density at radius 3 is 2.79 bits per heavy atom. The van der Waals surface area contributed by atoms with Crippen LogP contribution in [0.2, 0.25) is 0 Å². The molecule has 1 N–H and O–H groups in total. The molecule has 5 rings (SSSR count). The molecule has 0 fully saturated rings. The molecule has 1 aromatic carbocycles. The molecule has 0 atom stereocenters. The molecule has 0 saturated heterocycles. The largest absolute Gasteiger partial charge is 0.285 e. The highest BCUT2D eigenvalue weighted by atomic mass is 32.1. The van der Waals surface area contributed by atoms with Gasteiger partial charge in [-0.3, -0.25) is 4.79 Å². The van der Waals surface area contributed by atoms with Gasteiger partial charge in [-0.05, 0) is 42.4 Å². The van der Waals surface area contributed by atoms with E-state index in [2.05, 4.69) is 27.5 Å². The standard InChI is InChI=1S/C18H14N4OS/c23-17-16-15(20-22-21-17)14-13(10-6-2-1-3-7-10)11-8-4-5-9-12(11)19-18(14)24-16/h1-3,6-7H,4-5,8-9H2,(H,20,21,23). The number of aromatic amines is 1. The Balaban J connectivity index is 2.01. The van der Waals surface area contributed by atoms with Crippen molar-refractivity contribution in [1.82, 2.24) is 20.4 Å². The highest BCUT2D eigenvalue weighted by Gasteiger charge is 2.23. The zero-order chi connectivity index (χ0) is 16.1. The number of aryl methyl sites for hydroxylation is 1. The smallest absolute Gasteiger partial charge is 0.266 e. The monoisotopic (exact) mass is 334 g/mol. The molecular formula is C18H14N4OS. The van der Waals surface area contributed by atoms with Crippen LogP contribution in [0.1, 0.15) is 24.1 Å². The van der Waals surface area contributed by atoms with Gasteiger partial charge in [-0.15, -0.1) is 16.4 Å². The van der Waals surface area contributed by atoms with E-state index in [1.807, 2.05) is 18.2 Å². The molecule has 24 heavy (non-hydrogen) atoms. The molecule has 0 bridgehead atoms. The number of pyridine rings is 1. The van der Waals surface area contributed by atoms with Crippen molar-refractivity contribution in [1.29, 1.82) is 0 Å². The van der Waals surface area contributed by atoms with Crippen LogP contribution >= 0.6 is 11.3 Å². The summed E-state index contributed by atoms with van der Waals surface area (Å²) >= 11 is 1.41. The quantitative estimate of drug-likeness (QED) is 0.578. The molecule has 1 aliphatic rings. The van der Waals surface area contributed by atoms with E-state index in [9.17, 15) is 4.79 Å². The van der Waals surface area contributed by atoms with Gasteiger partial charge < -0.3 is 0 Å². The minimum Gasteiger partial charge on any atom is -0.266 e. The van der Waals surface area contributed by atoms with Crippen molar-refractivity contribution < 1.29 is 0 Å². The fraction of sp³-hybridized carbons (Fsp3) is 0.222. The number of thiophene rings is 1. The molecule has 3 aromatic heterocycles. The van der Waals surface area contributed by atoms with Crippen LogP contribution in [0.25, 0.3) is 31.6 Å². The van der Waals surface area contributed by atoms with E-state index in [-0.39, 0.29) is 5.56 Å². The summed E-state index contributed by atoms with van der Waals surface area (Å²) in [6.07, 6.45) is 4.37. The minimum absolute atomic E-state index is 0.194. The van der Waals surface area contributed by atoms with Crippen molar-refractivity contribution in [2.24, 2.45) is 0 Å². The summed E-state index contributed by atoms with van der Waals surface area (Å²) in [6.45, 7) is 0. The first kappa shape index (κ1) is 13.8. The number of nitrogens with zero attached hydrogens (tertiary/aromatic N) is 3. The lowest BCUT2D eigenvalue weighted by Gasteiger charge is -2.19. The Hall–Kier alpha value is -2.60. The van der Waals surface area contributed by atoms with Crippen molar-refractivity contribution in [2.45, 2.75) is 25.7 Å². The Labute approximate surface area is 141 Å². The Morgan fingerprint density at radius 2 is 1.92 bits per heavy atom. The number of benzene rings is 1. The fourth-order valence-electron chi connectivity index (χ4n) is 3.61. The van der Waals surface area contributed by atoms with Gasteiger partial charge in [-0.1, -0.05) is 35.5 Å². The summed E-state index contributed by atoms with van der Waals surface area (Å²) in [4.78, 5) is 17.9. The third-order valence-electron chi connectivity index (χ3n) is 4.66. The number of H-pyrrole nitrogens is 1. The van der Waals surface area contributed by atoms with Gasteiger partial charge in [0.1, 0.15) is 15.0 Å². The summed E-state index contributed by atoms with van der Waals surface area (Å²) in [5, 5.41) is 11.4. The normalized spacial score (nSPS) is 14.2. The van der Waals surface area contributed by atoms with Gasteiger partial charge in [0.15, 0.2) is 0 Å².